The molecule has 10 nitrogen and oxygen atoms in total. The second kappa shape index (κ2) is 11.7. The fraction of sp³-hybridized carbons (Fsp3) is 0.450. The number of nitrogens with zero attached hydrogens (tertiary/aromatic N) is 2. The van der Waals surface area contributed by atoms with Crippen molar-refractivity contribution in [2.24, 2.45) is 5.92 Å². The molecule has 30 heavy (non-hydrogen) atoms. The molecular weight excluding hydrogens is 392 g/mol. The first kappa shape index (κ1) is 23.0. The van der Waals surface area contributed by atoms with E-state index in [1.807, 2.05) is 18.2 Å². The molecule has 2 amide bonds. The third-order valence-corrected chi connectivity index (χ3v) is 4.77. The van der Waals surface area contributed by atoms with Crippen LogP contribution in [0.15, 0.2) is 35.0 Å². The Bertz CT molecular complexity index is 826. The Balaban J connectivity index is 0.00000101. The molecule has 1 saturated carbocycles. The van der Waals surface area contributed by atoms with E-state index in [1.54, 1.807) is 13.1 Å². The van der Waals surface area contributed by atoms with Crippen LogP contribution in [0.5, 0.6) is 0 Å². The molecule has 2 aromatic heterocycles. The molecule has 1 aliphatic rings. The van der Waals surface area contributed by atoms with Crippen molar-refractivity contribution in [1.29, 1.82) is 0 Å². The molecule has 0 bridgehead atoms. The lowest BCUT2D eigenvalue weighted by Gasteiger charge is -2.33. The molecule has 3 rings (SSSR count). The minimum atomic E-state index is -0.681. The number of aliphatic hydroxyl groups is 1. The number of carbonyl (C=O) groups excluding carboxylic acids is 2. The van der Waals surface area contributed by atoms with Crippen LogP contribution in [0.2, 0.25) is 0 Å². The van der Waals surface area contributed by atoms with Crippen LogP contribution in [0, 0.1) is 12.8 Å². The van der Waals surface area contributed by atoms with Gasteiger partial charge in [-0.3, -0.25) is 19.4 Å². The molecule has 2 heterocycles. The van der Waals surface area contributed by atoms with Gasteiger partial charge in [-0.2, -0.15) is 0 Å². The van der Waals surface area contributed by atoms with E-state index in [0.29, 0.717) is 38.0 Å². The lowest BCUT2D eigenvalue weighted by atomic mass is 9.83. The fourth-order valence-electron chi connectivity index (χ4n) is 3.27. The van der Waals surface area contributed by atoms with Crippen LogP contribution in [-0.2, 0) is 16.0 Å². The minimum Gasteiger partial charge on any atom is -0.483 e. The van der Waals surface area contributed by atoms with E-state index in [-0.39, 0.29) is 24.0 Å². The van der Waals surface area contributed by atoms with Gasteiger partial charge >= 0.3 is 0 Å². The van der Waals surface area contributed by atoms with Gasteiger partial charge in [0.25, 0.3) is 12.4 Å². The zero-order valence-electron chi connectivity index (χ0n) is 16.7. The molecule has 0 aliphatic heterocycles. The van der Waals surface area contributed by atoms with Crippen molar-refractivity contribution in [2.75, 3.05) is 6.54 Å². The maximum Gasteiger partial charge on any atom is 0.290 e. The van der Waals surface area contributed by atoms with Gasteiger partial charge in [-0.1, -0.05) is 11.2 Å². The monoisotopic (exact) mass is 418 g/mol. The quantitative estimate of drug-likeness (QED) is 0.500. The van der Waals surface area contributed by atoms with Crippen molar-refractivity contribution >= 4 is 18.3 Å². The van der Waals surface area contributed by atoms with Crippen LogP contribution in [0.25, 0.3) is 0 Å². The van der Waals surface area contributed by atoms with Crippen molar-refractivity contribution in [2.45, 2.75) is 44.8 Å². The van der Waals surface area contributed by atoms with E-state index < -0.39 is 18.1 Å². The number of hydrogen-bond donors (Lipinski definition) is 4. The lowest BCUT2D eigenvalue weighted by Crippen LogP contribution is -2.49. The predicted octanol–water partition coefficient (Wildman–Crippen LogP) is 0.697. The minimum absolute atomic E-state index is 0.0608. The predicted molar refractivity (Wildman–Crippen MR) is 105 cm³/mol. The molecule has 2 aromatic rings. The summed E-state index contributed by atoms with van der Waals surface area (Å²) in [7, 11) is 0. The molecule has 0 spiro atoms. The van der Waals surface area contributed by atoms with Crippen LogP contribution in [-0.4, -0.2) is 57.3 Å². The van der Waals surface area contributed by atoms with E-state index >= 15 is 0 Å². The number of hydrogen-bond acceptors (Lipinski definition) is 7. The fourth-order valence-corrected chi connectivity index (χ4v) is 3.27. The summed E-state index contributed by atoms with van der Waals surface area (Å²) in [5.74, 6) is -0.183. The van der Waals surface area contributed by atoms with Gasteiger partial charge in [0.2, 0.25) is 5.91 Å². The number of rotatable bonds is 6. The van der Waals surface area contributed by atoms with E-state index in [0.717, 1.165) is 5.69 Å². The summed E-state index contributed by atoms with van der Waals surface area (Å²) in [4.78, 5) is 37.3. The van der Waals surface area contributed by atoms with Crippen molar-refractivity contribution in [3.8, 4) is 0 Å². The molecule has 0 radical (unpaired) electrons. The highest BCUT2D eigenvalue weighted by Gasteiger charge is 2.34. The largest absolute Gasteiger partial charge is 0.483 e. The van der Waals surface area contributed by atoms with Crippen molar-refractivity contribution in [3.63, 3.8) is 0 Å². The van der Waals surface area contributed by atoms with E-state index in [2.05, 4.69) is 20.8 Å². The number of carboxylic acid groups (broad SMARTS) is 1. The molecular formula is C20H26N4O6. The molecule has 0 unspecified atom stereocenters. The third kappa shape index (κ3) is 6.96. The summed E-state index contributed by atoms with van der Waals surface area (Å²) in [6.45, 7) is 1.95. The van der Waals surface area contributed by atoms with Crippen molar-refractivity contribution in [1.82, 2.24) is 20.8 Å². The second-order valence-corrected chi connectivity index (χ2v) is 6.95. The van der Waals surface area contributed by atoms with Gasteiger partial charge < -0.3 is 25.4 Å². The summed E-state index contributed by atoms with van der Waals surface area (Å²) in [6, 6.07) is 6.72. The molecule has 1 aliphatic carbocycles. The summed E-state index contributed by atoms with van der Waals surface area (Å²) >= 11 is 0. The van der Waals surface area contributed by atoms with Gasteiger partial charge in [0.05, 0.1) is 12.1 Å². The maximum absolute atomic E-state index is 12.4. The second-order valence-electron chi connectivity index (χ2n) is 6.95. The van der Waals surface area contributed by atoms with E-state index in [1.165, 1.54) is 6.07 Å². The van der Waals surface area contributed by atoms with Crippen LogP contribution in [0.4, 0.5) is 0 Å². The first-order chi connectivity index (χ1) is 14.4. The Morgan fingerprint density at radius 2 is 2.10 bits per heavy atom. The normalized spacial score (nSPS) is 20.4. The number of amides is 2. The molecule has 0 saturated heterocycles. The number of carbonyl (C=O) groups is 3. The molecule has 3 atom stereocenters. The molecule has 1 fully saturated rings. The smallest absolute Gasteiger partial charge is 0.290 e. The molecule has 0 aromatic carbocycles. The average Bonchev–Trinajstić information content (AvgIpc) is 3.17. The van der Waals surface area contributed by atoms with Crippen LogP contribution in [0.1, 0.15) is 41.2 Å². The summed E-state index contributed by atoms with van der Waals surface area (Å²) in [5.41, 5.74) is 1.09. The highest BCUT2D eigenvalue weighted by atomic mass is 16.5. The van der Waals surface area contributed by atoms with E-state index in [4.69, 9.17) is 14.4 Å². The van der Waals surface area contributed by atoms with Crippen molar-refractivity contribution < 1.29 is 29.1 Å². The highest BCUT2D eigenvalue weighted by molar-refractivity contribution is 5.92. The summed E-state index contributed by atoms with van der Waals surface area (Å²) in [5, 5.41) is 26.4. The number of aromatic nitrogens is 2. The zero-order valence-corrected chi connectivity index (χ0v) is 16.7. The lowest BCUT2D eigenvalue weighted by molar-refractivity contribution is -0.127. The number of aryl methyl sites for hydroxylation is 1. The van der Waals surface area contributed by atoms with Gasteiger partial charge in [-0.05, 0) is 38.3 Å². The Morgan fingerprint density at radius 1 is 1.33 bits per heavy atom. The van der Waals surface area contributed by atoms with Gasteiger partial charge in [0, 0.05) is 36.8 Å². The zero-order chi connectivity index (χ0) is 21.9. The molecule has 10 heteroatoms. The Morgan fingerprint density at radius 3 is 2.73 bits per heavy atom. The number of nitrogens with one attached hydrogen (secondary N) is 2. The van der Waals surface area contributed by atoms with Gasteiger partial charge in [-0.15, -0.1) is 0 Å². The SMILES string of the molecule is Cc1cc(C(=O)N[C@@H]2C[C@@H](C(=O)NCCc3ccccn3)CC[C@H]2O)no1.O=CO. The highest BCUT2D eigenvalue weighted by Crippen LogP contribution is 2.25. The first-order valence-electron chi connectivity index (χ1n) is 9.62. The number of aliphatic hydroxyl groups excluding tert-OH is 1. The van der Waals surface area contributed by atoms with Crippen LogP contribution < -0.4 is 10.6 Å². The van der Waals surface area contributed by atoms with Gasteiger partial charge in [-0.25, -0.2) is 0 Å². The van der Waals surface area contributed by atoms with Gasteiger partial charge in [0.1, 0.15) is 5.76 Å². The Hall–Kier alpha value is -3.27. The third-order valence-electron chi connectivity index (χ3n) is 4.77. The van der Waals surface area contributed by atoms with Crippen LogP contribution >= 0.6 is 0 Å². The first-order valence-corrected chi connectivity index (χ1v) is 9.62. The molecule has 4 N–H and O–H groups in total. The topological polar surface area (TPSA) is 155 Å². The average molecular weight is 418 g/mol. The van der Waals surface area contributed by atoms with Gasteiger partial charge in [0.15, 0.2) is 5.69 Å². The molecule has 162 valence electrons. The standard InChI is InChI=1S/C19H24N4O4.CH2O2/c1-12-10-16(23-27-12)19(26)22-15-11-13(5-6-17(15)24)18(25)21-9-7-14-4-2-3-8-20-14;2-1-3/h2-4,8,10,13,15,17,24H,5-7,9,11H2,1H3,(H,21,25)(H,22,26);1H,(H,2,3)/t13-,15+,17+;/m0./s1. The maximum atomic E-state index is 12.4. The summed E-state index contributed by atoms with van der Waals surface area (Å²) < 4.78 is 4.90. The van der Waals surface area contributed by atoms with Crippen molar-refractivity contribution in [3.05, 3.63) is 47.6 Å². The summed E-state index contributed by atoms with van der Waals surface area (Å²) in [6.07, 6.45) is 3.14. The van der Waals surface area contributed by atoms with E-state index in [9.17, 15) is 14.7 Å². The van der Waals surface area contributed by atoms with Crippen LogP contribution in [0.3, 0.4) is 0 Å². The number of pyridine rings is 1. The Kier molecular flexibility index (Phi) is 8.95. The Labute approximate surface area is 173 Å².